The van der Waals surface area contributed by atoms with E-state index in [0.29, 0.717) is 0 Å². The van der Waals surface area contributed by atoms with Crippen LogP contribution in [0.15, 0.2) is 35.3 Å². The van der Waals surface area contributed by atoms with Crippen LogP contribution in [0, 0.1) is 0 Å². The maximum Gasteiger partial charge on any atom is 0.195 e. The van der Waals surface area contributed by atoms with Crippen LogP contribution >= 0.6 is 24.0 Å². The van der Waals surface area contributed by atoms with Gasteiger partial charge in [0, 0.05) is 41.3 Å². The van der Waals surface area contributed by atoms with Crippen LogP contribution in [0.3, 0.4) is 0 Å². The average Bonchev–Trinajstić information content (AvgIpc) is 2.45. The number of unbranched alkanes of at least 4 members (excludes halogenated alkanes) is 1. The third-order valence-corrected chi connectivity index (χ3v) is 3.13. The number of rotatable bonds is 8. The van der Waals surface area contributed by atoms with E-state index >= 15 is 0 Å². The highest BCUT2D eigenvalue weighted by Gasteiger charge is 2.02. The summed E-state index contributed by atoms with van der Waals surface area (Å²) >= 11 is 0. The zero-order valence-electron chi connectivity index (χ0n) is 14.3. The fourth-order valence-corrected chi connectivity index (χ4v) is 2.11. The van der Waals surface area contributed by atoms with Crippen molar-refractivity contribution in [3.05, 3.63) is 35.9 Å². The van der Waals surface area contributed by atoms with E-state index in [1.807, 2.05) is 44.1 Å². The Labute approximate surface area is 152 Å². The molecular formula is C17H30IN3O. The predicted octanol–water partition coefficient (Wildman–Crippen LogP) is 3.12. The lowest BCUT2D eigenvalue weighted by molar-refractivity contribution is 0.134. The molecule has 1 aromatic carbocycles. The van der Waals surface area contributed by atoms with Gasteiger partial charge < -0.3 is 14.5 Å². The molecule has 0 unspecified atom stereocenters. The van der Waals surface area contributed by atoms with Crippen molar-refractivity contribution in [1.29, 1.82) is 0 Å². The number of nitrogens with zero attached hydrogens (tertiary/aromatic N) is 3. The Morgan fingerprint density at radius 2 is 1.59 bits per heavy atom. The minimum absolute atomic E-state index is 0. The second kappa shape index (κ2) is 12.7. The van der Waals surface area contributed by atoms with Gasteiger partial charge in [-0.1, -0.05) is 30.3 Å². The Balaban J connectivity index is 0.00000441. The van der Waals surface area contributed by atoms with Gasteiger partial charge in [-0.3, -0.25) is 4.99 Å². The zero-order chi connectivity index (χ0) is 15.5. The standard InChI is InChI=1S/C17H29N3O.HI/c1-19(2)17(20(3)4)18-13-8-9-14-21-15-12-16-10-6-5-7-11-16;/h5-7,10-11H,8-9,12-15H2,1-4H3;1H. The minimum Gasteiger partial charge on any atom is -0.381 e. The zero-order valence-corrected chi connectivity index (χ0v) is 16.6. The number of benzene rings is 1. The fraction of sp³-hybridized carbons (Fsp3) is 0.588. The first-order valence-electron chi connectivity index (χ1n) is 7.62. The van der Waals surface area contributed by atoms with Gasteiger partial charge in [0.25, 0.3) is 0 Å². The van der Waals surface area contributed by atoms with Crippen LogP contribution < -0.4 is 0 Å². The topological polar surface area (TPSA) is 28.1 Å². The van der Waals surface area contributed by atoms with Gasteiger partial charge in [-0.05, 0) is 24.8 Å². The highest BCUT2D eigenvalue weighted by molar-refractivity contribution is 14.0. The fourth-order valence-electron chi connectivity index (χ4n) is 2.11. The molecule has 0 aliphatic heterocycles. The van der Waals surface area contributed by atoms with Gasteiger partial charge in [-0.25, -0.2) is 0 Å². The summed E-state index contributed by atoms with van der Waals surface area (Å²) in [4.78, 5) is 8.68. The monoisotopic (exact) mass is 419 g/mol. The van der Waals surface area contributed by atoms with E-state index in [1.165, 1.54) is 5.56 Å². The third kappa shape index (κ3) is 9.25. The van der Waals surface area contributed by atoms with Gasteiger partial charge in [0.2, 0.25) is 0 Å². The number of halogens is 1. The van der Waals surface area contributed by atoms with E-state index in [4.69, 9.17) is 4.74 Å². The van der Waals surface area contributed by atoms with E-state index in [2.05, 4.69) is 29.3 Å². The van der Waals surface area contributed by atoms with Gasteiger partial charge in [0.15, 0.2) is 5.96 Å². The largest absolute Gasteiger partial charge is 0.381 e. The molecule has 0 saturated carbocycles. The summed E-state index contributed by atoms with van der Waals surface area (Å²) in [5, 5.41) is 0. The highest BCUT2D eigenvalue weighted by Crippen LogP contribution is 2.00. The van der Waals surface area contributed by atoms with Gasteiger partial charge in [0.05, 0.1) is 6.61 Å². The number of hydrogen-bond donors (Lipinski definition) is 0. The molecule has 22 heavy (non-hydrogen) atoms. The summed E-state index contributed by atoms with van der Waals surface area (Å²) < 4.78 is 5.67. The summed E-state index contributed by atoms with van der Waals surface area (Å²) in [6.07, 6.45) is 3.12. The summed E-state index contributed by atoms with van der Waals surface area (Å²) in [5.41, 5.74) is 1.34. The molecule has 0 aliphatic carbocycles. The summed E-state index contributed by atoms with van der Waals surface area (Å²) in [6.45, 7) is 2.48. The van der Waals surface area contributed by atoms with E-state index in [9.17, 15) is 0 Å². The molecule has 0 aromatic heterocycles. The summed E-state index contributed by atoms with van der Waals surface area (Å²) in [5.74, 6) is 1.01. The third-order valence-electron chi connectivity index (χ3n) is 3.13. The normalized spacial score (nSPS) is 9.82. The molecule has 0 bridgehead atoms. The van der Waals surface area contributed by atoms with Crippen molar-refractivity contribution in [2.45, 2.75) is 19.3 Å². The molecule has 0 N–H and O–H groups in total. The molecule has 1 aromatic rings. The molecule has 0 amide bonds. The molecule has 0 saturated heterocycles. The van der Waals surface area contributed by atoms with Crippen LogP contribution in [0.25, 0.3) is 0 Å². The van der Waals surface area contributed by atoms with Crippen molar-refractivity contribution < 1.29 is 4.74 Å². The summed E-state index contributed by atoms with van der Waals surface area (Å²) in [7, 11) is 8.08. The van der Waals surface area contributed by atoms with Crippen molar-refractivity contribution in [3.8, 4) is 0 Å². The van der Waals surface area contributed by atoms with Gasteiger partial charge in [-0.2, -0.15) is 0 Å². The van der Waals surface area contributed by atoms with Crippen LogP contribution in [0.2, 0.25) is 0 Å². The molecular weight excluding hydrogens is 389 g/mol. The van der Waals surface area contributed by atoms with Gasteiger partial charge >= 0.3 is 0 Å². The molecule has 0 fully saturated rings. The SMILES string of the molecule is CN(C)C(=NCCCCOCCc1ccccc1)N(C)C.I. The molecule has 0 spiro atoms. The Morgan fingerprint density at radius 3 is 2.18 bits per heavy atom. The quantitative estimate of drug-likeness (QED) is 0.281. The molecule has 5 heteroatoms. The van der Waals surface area contributed by atoms with Crippen molar-refractivity contribution in [1.82, 2.24) is 9.80 Å². The maximum absolute atomic E-state index is 5.67. The van der Waals surface area contributed by atoms with Crippen LogP contribution in [-0.4, -0.2) is 63.7 Å². The Hall–Kier alpha value is -0.820. The minimum atomic E-state index is 0. The molecule has 0 aliphatic rings. The highest BCUT2D eigenvalue weighted by atomic mass is 127. The van der Waals surface area contributed by atoms with E-state index in [-0.39, 0.29) is 24.0 Å². The number of guanidine groups is 1. The molecule has 0 heterocycles. The molecule has 1 rings (SSSR count). The van der Waals surface area contributed by atoms with E-state index < -0.39 is 0 Å². The van der Waals surface area contributed by atoms with E-state index in [1.54, 1.807) is 0 Å². The Kier molecular flexibility index (Phi) is 12.2. The van der Waals surface area contributed by atoms with Crippen molar-refractivity contribution in [2.24, 2.45) is 4.99 Å². The van der Waals surface area contributed by atoms with Crippen molar-refractivity contribution in [2.75, 3.05) is 47.9 Å². The molecule has 0 radical (unpaired) electrons. The Bertz CT molecular complexity index is 398. The van der Waals surface area contributed by atoms with Crippen LogP contribution in [0.4, 0.5) is 0 Å². The maximum atomic E-state index is 5.67. The first kappa shape index (κ1) is 21.2. The average molecular weight is 419 g/mol. The first-order chi connectivity index (χ1) is 10.1. The van der Waals surface area contributed by atoms with Crippen LogP contribution in [0.1, 0.15) is 18.4 Å². The molecule has 126 valence electrons. The lowest BCUT2D eigenvalue weighted by atomic mass is 10.2. The first-order valence-corrected chi connectivity index (χ1v) is 7.62. The van der Waals surface area contributed by atoms with Crippen LogP contribution in [-0.2, 0) is 11.2 Å². The second-order valence-electron chi connectivity index (χ2n) is 5.53. The van der Waals surface area contributed by atoms with Crippen LogP contribution in [0.5, 0.6) is 0 Å². The van der Waals surface area contributed by atoms with Gasteiger partial charge in [0.1, 0.15) is 0 Å². The van der Waals surface area contributed by atoms with Gasteiger partial charge in [-0.15, -0.1) is 24.0 Å². The van der Waals surface area contributed by atoms with Crippen molar-refractivity contribution in [3.63, 3.8) is 0 Å². The number of aliphatic imine (C=N–C) groups is 1. The lowest BCUT2D eigenvalue weighted by Gasteiger charge is -2.22. The predicted molar refractivity (Wildman–Crippen MR) is 105 cm³/mol. The van der Waals surface area contributed by atoms with E-state index in [0.717, 1.165) is 45.0 Å². The lowest BCUT2D eigenvalue weighted by Crippen LogP contribution is -2.35. The molecule has 4 nitrogen and oxygen atoms in total. The summed E-state index contributed by atoms with van der Waals surface area (Å²) in [6, 6.07) is 10.5. The molecule has 0 atom stereocenters. The number of hydrogen-bond acceptors (Lipinski definition) is 2. The number of ether oxygens (including phenoxy) is 1. The smallest absolute Gasteiger partial charge is 0.195 e. The second-order valence-corrected chi connectivity index (χ2v) is 5.53. The Morgan fingerprint density at radius 1 is 0.955 bits per heavy atom. The van der Waals surface area contributed by atoms with Crippen molar-refractivity contribution >= 4 is 29.9 Å².